The van der Waals surface area contributed by atoms with Crippen molar-refractivity contribution in [1.82, 2.24) is 4.57 Å². The average Bonchev–Trinajstić information content (AvgIpc) is 3.23. The molecule has 0 aliphatic carbocycles. The summed E-state index contributed by atoms with van der Waals surface area (Å²) >= 11 is 0. The van der Waals surface area contributed by atoms with Gasteiger partial charge < -0.3 is 0 Å². The molecule has 0 radical (unpaired) electrons. The van der Waals surface area contributed by atoms with Gasteiger partial charge in [0, 0.05) is 6.42 Å². The van der Waals surface area contributed by atoms with E-state index >= 15 is 0 Å². The second-order valence-electron chi connectivity index (χ2n) is 10.4. The molecule has 2 rings (SSSR count). The molecule has 0 atom stereocenters. The summed E-state index contributed by atoms with van der Waals surface area (Å²) in [5.41, 5.74) is 1.40. The summed E-state index contributed by atoms with van der Waals surface area (Å²) in [4.78, 5) is 0. The van der Waals surface area contributed by atoms with E-state index in [9.17, 15) is 0 Å². The Hall–Kier alpha value is -1.57. The number of aromatic nitrogens is 2. The Bertz CT molecular complexity index is 703. The van der Waals surface area contributed by atoms with E-state index in [2.05, 4.69) is 65.7 Å². The molecule has 0 aliphatic heterocycles. The van der Waals surface area contributed by atoms with Crippen LogP contribution in [-0.2, 0) is 19.5 Å². The zero-order valence-electron chi connectivity index (χ0n) is 22.8. The molecule has 0 saturated carbocycles. The van der Waals surface area contributed by atoms with Crippen LogP contribution >= 0.6 is 0 Å². The Morgan fingerprint density at radius 1 is 0.588 bits per heavy atom. The molecule has 1 aromatic heterocycles. The zero-order valence-corrected chi connectivity index (χ0v) is 22.8. The fourth-order valence-electron chi connectivity index (χ4n) is 5.10. The number of hydrogen-bond donors (Lipinski definition) is 0. The van der Waals surface area contributed by atoms with Crippen LogP contribution in [0.4, 0.5) is 0 Å². The third-order valence-electron chi connectivity index (χ3n) is 7.29. The van der Waals surface area contributed by atoms with Gasteiger partial charge in [0.25, 0.3) is 5.82 Å². The first-order valence-corrected chi connectivity index (χ1v) is 15.0. The number of hydrogen-bond acceptors (Lipinski definition) is 0. The van der Waals surface area contributed by atoms with Gasteiger partial charge in [-0.15, -0.1) is 0 Å². The average molecular weight is 468 g/mol. The maximum Gasteiger partial charge on any atom is 0.256 e. The summed E-state index contributed by atoms with van der Waals surface area (Å²) < 4.78 is 5.06. The van der Waals surface area contributed by atoms with Crippen LogP contribution in [0.15, 0.2) is 42.7 Å². The van der Waals surface area contributed by atoms with Crippen LogP contribution in [0.3, 0.4) is 0 Å². The van der Waals surface area contributed by atoms with Crippen molar-refractivity contribution in [2.45, 2.75) is 149 Å². The molecule has 1 heterocycles. The molecule has 0 saturated heterocycles. The van der Waals surface area contributed by atoms with Crippen molar-refractivity contribution >= 4 is 0 Å². The minimum absolute atomic E-state index is 0.997. The van der Waals surface area contributed by atoms with Gasteiger partial charge in [-0.3, -0.25) is 0 Å². The normalized spacial score (nSPS) is 11.4. The first-order chi connectivity index (χ1) is 16.8. The van der Waals surface area contributed by atoms with E-state index in [1.54, 1.807) is 0 Å². The van der Waals surface area contributed by atoms with E-state index in [1.165, 1.54) is 140 Å². The highest BCUT2D eigenvalue weighted by molar-refractivity contribution is 5.13. The standard InChI is InChI=1S/C32H55N2/c1-3-5-7-9-11-12-13-14-15-16-18-23-27-33-28-29-34(30-31-24-20-19-21-25-31)32(33)26-22-17-10-8-6-4-2/h19-21,24-25,28-29H,3-18,22-23,26-27,30H2,1-2H3/q+1. The lowest BCUT2D eigenvalue weighted by Crippen LogP contribution is -2.37. The fourth-order valence-corrected chi connectivity index (χ4v) is 5.10. The highest BCUT2D eigenvalue weighted by atomic mass is 15.1. The summed E-state index contributed by atoms with van der Waals surface area (Å²) in [6, 6.07) is 10.9. The Morgan fingerprint density at radius 3 is 1.65 bits per heavy atom. The van der Waals surface area contributed by atoms with Crippen molar-refractivity contribution in [3.05, 3.63) is 54.1 Å². The van der Waals surface area contributed by atoms with E-state index in [0.717, 1.165) is 6.54 Å². The Morgan fingerprint density at radius 2 is 1.09 bits per heavy atom. The molecule has 0 fully saturated rings. The van der Waals surface area contributed by atoms with Crippen LogP contribution in [0.25, 0.3) is 0 Å². The highest BCUT2D eigenvalue weighted by Gasteiger charge is 2.17. The number of nitrogens with zero attached hydrogens (tertiary/aromatic N) is 2. The molecule has 2 heteroatoms. The largest absolute Gasteiger partial charge is 0.256 e. The molecule has 0 amide bonds. The first-order valence-electron chi connectivity index (χ1n) is 15.0. The second-order valence-corrected chi connectivity index (χ2v) is 10.4. The number of imidazole rings is 1. The van der Waals surface area contributed by atoms with Crippen LogP contribution in [0, 0.1) is 0 Å². The molecule has 0 N–H and O–H groups in total. The lowest BCUT2D eigenvalue weighted by molar-refractivity contribution is -0.695. The quantitative estimate of drug-likeness (QED) is 0.120. The molecule has 2 nitrogen and oxygen atoms in total. The van der Waals surface area contributed by atoms with Crippen LogP contribution in [0.2, 0.25) is 0 Å². The van der Waals surface area contributed by atoms with Gasteiger partial charge in [0.15, 0.2) is 0 Å². The van der Waals surface area contributed by atoms with Gasteiger partial charge in [-0.25, -0.2) is 9.13 Å². The summed E-state index contributed by atoms with van der Waals surface area (Å²) in [6.45, 7) is 6.78. The minimum Gasteiger partial charge on any atom is -0.234 e. The van der Waals surface area contributed by atoms with E-state index in [4.69, 9.17) is 0 Å². The summed E-state index contributed by atoms with van der Waals surface area (Å²) in [5, 5.41) is 0. The minimum atomic E-state index is 0.997. The van der Waals surface area contributed by atoms with Crippen molar-refractivity contribution in [2.75, 3.05) is 0 Å². The van der Waals surface area contributed by atoms with E-state index < -0.39 is 0 Å². The number of benzene rings is 1. The maximum atomic E-state index is 2.56. The van der Waals surface area contributed by atoms with Crippen LogP contribution in [0.5, 0.6) is 0 Å². The zero-order chi connectivity index (χ0) is 24.1. The summed E-state index contributed by atoms with van der Waals surface area (Å²) in [5.74, 6) is 1.53. The third kappa shape index (κ3) is 12.8. The predicted octanol–water partition coefficient (Wildman–Crippen LogP) is 9.43. The highest BCUT2D eigenvalue weighted by Crippen LogP contribution is 2.14. The molecule has 2 aromatic rings. The number of rotatable bonds is 22. The van der Waals surface area contributed by atoms with Gasteiger partial charge in [0.05, 0.1) is 6.54 Å². The lowest BCUT2D eigenvalue weighted by atomic mass is 10.1. The van der Waals surface area contributed by atoms with Crippen molar-refractivity contribution in [2.24, 2.45) is 0 Å². The topological polar surface area (TPSA) is 8.81 Å². The van der Waals surface area contributed by atoms with Crippen LogP contribution < -0.4 is 4.57 Å². The lowest BCUT2D eigenvalue weighted by Gasteiger charge is -2.07. The molecule has 192 valence electrons. The van der Waals surface area contributed by atoms with Gasteiger partial charge >= 0.3 is 0 Å². The van der Waals surface area contributed by atoms with Crippen molar-refractivity contribution < 1.29 is 4.57 Å². The molecular formula is C32H55N2+. The van der Waals surface area contributed by atoms with Crippen LogP contribution in [-0.4, -0.2) is 4.57 Å². The Labute approximate surface area is 212 Å². The Kier molecular flexibility index (Phi) is 16.6. The monoisotopic (exact) mass is 467 g/mol. The van der Waals surface area contributed by atoms with Crippen molar-refractivity contribution in [1.29, 1.82) is 0 Å². The molecule has 0 unspecified atom stereocenters. The van der Waals surface area contributed by atoms with Crippen molar-refractivity contribution in [3.63, 3.8) is 0 Å². The molecule has 0 spiro atoms. The molecular weight excluding hydrogens is 412 g/mol. The van der Waals surface area contributed by atoms with Gasteiger partial charge in [0.2, 0.25) is 0 Å². The molecule has 0 aliphatic rings. The smallest absolute Gasteiger partial charge is 0.234 e. The maximum absolute atomic E-state index is 2.56. The Balaban J connectivity index is 1.69. The third-order valence-corrected chi connectivity index (χ3v) is 7.29. The first kappa shape index (κ1) is 28.7. The second kappa shape index (κ2) is 19.7. The SMILES string of the molecule is CCCCCCCCCCCCCCn1cc[n+](Cc2ccccc2)c1CCCCCCCC. The molecule has 1 aromatic carbocycles. The number of unbranched alkanes of at least 4 members (excludes halogenated alkanes) is 16. The van der Waals surface area contributed by atoms with Crippen LogP contribution in [0.1, 0.15) is 141 Å². The predicted molar refractivity (Wildman–Crippen MR) is 148 cm³/mol. The number of aryl methyl sites for hydroxylation is 1. The van der Waals surface area contributed by atoms with E-state index in [-0.39, 0.29) is 0 Å². The van der Waals surface area contributed by atoms with Gasteiger partial charge in [-0.05, 0) is 24.8 Å². The van der Waals surface area contributed by atoms with Gasteiger partial charge in [-0.2, -0.15) is 0 Å². The molecule has 0 bridgehead atoms. The van der Waals surface area contributed by atoms with Gasteiger partial charge in [0.1, 0.15) is 18.9 Å². The summed E-state index contributed by atoms with van der Waals surface area (Å²) in [6.07, 6.45) is 31.1. The van der Waals surface area contributed by atoms with E-state index in [1.807, 2.05) is 0 Å². The van der Waals surface area contributed by atoms with Crippen molar-refractivity contribution in [3.8, 4) is 0 Å². The molecule has 34 heavy (non-hydrogen) atoms. The van der Waals surface area contributed by atoms with Gasteiger partial charge in [-0.1, -0.05) is 140 Å². The summed E-state index contributed by atoms with van der Waals surface area (Å²) in [7, 11) is 0. The van der Waals surface area contributed by atoms with E-state index in [0.29, 0.717) is 0 Å². The fraction of sp³-hybridized carbons (Fsp3) is 0.719.